The van der Waals surface area contributed by atoms with Gasteiger partial charge in [-0.05, 0) is 53.9 Å². The molecular weight excluding hydrogens is 489 g/mol. The monoisotopic (exact) mass is 504 g/mol. The number of halogens is 4. The Balaban J connectivity index is 1.80. The van der Waals surface area contributed by atoms with Crippen LogP contribution in [0.1, 0.15) is 18.1 Å². The van der Waals surface area contributed by atoms with E-state index in [9.17, 15) is 22.5 Å². The maximum absolute atomic E-state index is 13.1. The van der Waals surface area contributed by atoms with Crippen LogP contribution < -0.4 is 5.63 Å². The average molecular weight is 505 g/mol. The summed E-state index contributed by atoms with van der Waals surface area (Å²) in [6.45, 7) is 1.99. The van der Waals surface area contributed by atoms with E-state index in [4.69, 9.17) is 16.0 Å². The molecule has 0 aliphatic rings. The summed E-state index contributed by atoms with van der Waals surface area (Å²) in [6.07, 6.45) is 2.30. The number of nitrogens with zero attached hydrogens (tertiary/aromatic N) is 2. The van der Waals surface area contributed by atoms with Gasteiger partial charge in [0, 0.05) is 39.0 Å². The summed E-state index contributed by atoms with van der Waals surface area (Å²) in [4.78, 5) is 16.8. The molecule has 2 aromatic carbocycles. The van der Waals surface area contributed by atoms with Crippen LogP contribution in [0, 0.1) is 0 Å². The minimum absolute atomic E-state index is 0.0241. The first-order valence-electron chi connectivity index (χ1n) is 10.3. The fourth-order valence-electron chi connectivity index (χ4n) is 4.16. The SMILES string of the molecule is CCc1ccc2c(c1)c1c3cccnc3oc(=O)c1n2Cc1cc([S+]([O-])C(F)(F)F)ccc1Cl. The standard InChI is InChI=1S/C24H16ClF3N2O3S/c1-2-13-5-8-19-17(10-13)20-16-4-3-9-29-22(16)33-23(31)21(20)30(19)12-14-11-15(6-7-18(14)25)34(32)24(26,27)28/h3-11H,2,12H2,1H3. The number of alkyl halides is 3. The van der Waals surface area contributed by atoms with Crippen molar-refractivity contribution in [3.8, 4) is 0 Å². The quantitative estimate of drug-likeness (QED) is 0.274. The number of aromatic nitrogens is 2. The van der Waals surface area contributed by atoms with E-state index in [1.54, 1.807) is 16.7 Å². The number of benzene rings is 2. The maximum Gasteiger partial charge on any atom is 0.578 e. The summed E-state index contributed by atoms with van der Waals surface area (Å²) < 4.78 is 58.1. The molecule has 174 valence electrons. The first-order chi connectivity index (χ1) is 16.2. The lowest BCUT2D eigenvalue weighted by Crippen LogP contribution is -2.23. The van der Waals surface area contributed by atoms with Crippen LogP contribution in [-0.4, -0.2) is 19.6 Å². The average Bonchev–Trinajstić information content (AvgIpc) is 3.13. The van der Waals surface area contributed by atoms with Crippen molar-refractivity contribution in [2.75, 3.05) is 0 Å². The van der Waals surface area contributed by atoms with E-state index in [2.05, 4.69) is 4.98 Å². The highest BCUT2D eigenvalue weighted by Crippen LogP contribution is 2.36. The molecule has 5 nitrogen and oxygen atoms in total. The van der Waals surface area contributed by atoms with Gasteiger partial charge >= 0.3 is 11.1 Å². The third kappa shape index (κ3) is 3.73. The van der Waals surface area contributed by atoms with E-state index >= 15 is 0 Å². The molecule has 0 aliphatic carbocycles. The van der Waals surface area contributed by atoms with Crippen LogP contribution in [0.25, 0.3) is 32.9 Å². The minimum Gasteiger partial charge on any atom is -0.604 e. The van der Waals surface area contributed by atoms with Crippen molar-refractivity contribution in [2.45, 2.75) is 30.3 Å². The molecule has 0 bridgehead atoms. The lowest BCUT2D eigenvalue weighted by atomic mass is 10.1. The summed E-state index contributed by atoms with van der Waals surface area (Å²) >= 11 is 3.11. The molecule has 5 aromatic rings. The molecule has 10 heteroatoms. The van der Waals surface area contributed by atoms with Gasteiger partial charge in [-0.15, -0.1) is 13.2 Å². The van der Waals surface area contributed by atoms with Crippen molar-refractivity contribution in [1.82, 2.24) is 9.55 Å². The minimum atomic E-state index is -4.90. The molecule has 0 N–H and O–H groups in total. The second kappa shape index (κ2) is 8.33. The Labute approximate surface area is 198 Å². The maximum atomic E-state index is 13.1. The number of pyridine rings is 1. The molecule has 0 amide bonds. The van der Waals surface area contributed by atoms with Crippen LogP contribution in [0.3, 0.4) is 0 Å². The van der Waals surface area contributed by atoms with Gasteiger partial charge in [0.05, 0.1) is 17.7 Å². The van der Waals surface area contributed by atoms with E-state index in [0.29, 0.717) is 21.9 Å². The van der Waals surface area contributed by atoms with Crippen LogP contribution >= 0.6 is 11.6 Å². The molecule has 5 rings (SSSR count). The normalized spacial score (nSPS) is 13.2. The van der Waals surface area contributed by atoms with E-state index in [0.717, 1.165) is 29.5 Å². The fraction of sp³-hybridized carbons (Fsp3) is 0.167. The molecule has 0 saturated heterocycles. The molecule has 0 aliphatic heterocycles. The van der Waals surface area contributed by atoms with Crippen molar-refractivity contribution in [1.29, 1.82) is 0 Å². The second-order valence-electron chi connectivity index (χ2n) is 7.73. The first-order valence-corrected chi connectivity index (χ1v) is 11.8. The van der Waals surface area contributed by atoms with Gasteiger partial charge in [0.2, 0.25) is 5.71 Å². The Kier molecular flexibility index (Phi) is 5.58. The molecule has 34 heavy (non-hydrogen) atoms. The molecule has 1 atom stereocenters. The molecule has 3 heterocycles. The van der Waals surface area contributed by atoms with Crippen molar-refractivity contribution in [3.63, 3.8) is 0 Å². The summed E-state index contributed by atoms with van der Waals surface area (Å²) in [7, 11) is 0. The highest BCUT2D eigenvalue weighted by molar-refractivity contribution is 7.92. The molecule has 0 spiro atoms. The van der Waals surface area contributed by atoms with Gasteiger partial charge in [0.1, 0.15) is 5.52 Å². The van der Waals surface area contributed by atoms with Gasteiger partial charge in [-0.1, -0.05) is 24.6 Å². The van der Waals surface area contributed by atoms with E-state index in [1.807, 2.05) is 25.1 Å². The number of aryl methyl sites for hydroxylation is 1. The van der Waals surface area contributed by atoms with Crippen molar-refractivity contribution in [2.24, 2.45) is 0 Å². The van der Waals surface area contributed by atoms with Gasteiger partial charge in [-0.3, -0.25) is 0 Å². The van der Waals surface area contributed by atoms with Crippen LogP contribution in [0.2, 0.25) is 5.02 Å². The van der Waals surface area contributed by atoms with E-state index in [1.165, 1.54) is 12.3 Å². The molecule has 0 saturated carbocycles. The fourth-order valence-corrected chi connectivity index (χ4v) is 5.05. The lowest BCUT2D eigenvalue weighted by molar-refractivity contribution is -0.0435. The number of rotatable bonds is 4. The highest BCUT2D eigenvalue weighted by Gasteiger charge is 2.46. The predicted octanol–water partition coefficient (Wildman–Crippen LogP) is 6.19. The Morgan fingerprint density at radius 1 is 1.15 bits per heavy atom. The zero-order chi connectivity index (χ0) is 24.2. The Morgan fingerprint density at radius 2 is 1.94 bits per heavy atom. The number of fused-ring (bicyclic) bond motifs is 5. The lowest BCUT2D eigenvalue weighted by Gasteiger charge is -2.14. The van der Waals surface area contributed by atoms with E-state index < -0.39 is 27.2 Å². The first kappa shape index (κ1) is 22.8. The Bertz CT molecular complexity index is 1630. The van der Waals surface area contributed by atoms with E-state index in [-0.39, 0.29) is 22.8 Å². The molecule has 3 aromatic heterocycles. The van der Waals surface area contributed by atoms with Gasteiger partial charge in [0.25, 0.3) is 0 Å². The van der Waals surface area contributed by atoms with Gasteiger partial charge < -0.3 is 13.5 Å². The van der Waals surface area contributed by atoms with Gasteiger partial charge in [-0.25, -0.2) is 9.78 Å². The molecular formula is C24H16ClF3N2O3S. The van der Waals surface area contributed by atoms with Gasteiger partial charge in [-0.2, -0.15) is 0 Å². The number of hydrogen-bond acceptors (Lipinski definition) is 4. The van der Waals surface area contributed by atoms with Crippen molar-refractivity contribution >= 4 is 55.7 Å². The zero-order valence-electron chi connectivity index (χ0n) is 17.6. The third-order valence-electron chi connectivity index (χ3n) is 5.73. The highest BCUT2D eigenvalue weighted by atomic mass is 35.5. The smallest absolute Gasteiger partial charge is 0.578 e. The number of hydrogen-bond donors (Lipinski definition) is 0. The summed E-state index contributed by atoms with van der Waals surface area (Å²) in [5.74, 6) is 0. The van der Waals surface area contributed by atoms with Crippen molar-refractivity contribution in [3.05, 3.63) is 81.3 Å². The molecule has 1 unspecified atom stereocenters. The predicted molar refractivity (Wildman–Crippen MR) is 126 cm³/mol. The Hall–Kier alpha value is -3.01. The molecule has 0 radical (unpaired) electrons. The largest absolute Gasteiger partial charge is 0.604 e. The van der Waals surface area contributed by atoms with Gasteiger partial charge in [0.15, 0.2) is 4.90 Å². The Morgan fingerprint density at radius 3 is 2.68 bits per heavy atom. The molecule has 0 fully saturated rings. The summed E-state index contributed by atoms with van der Waals surface area (Å²) in [5, 5.41) is 2.28. The summed E-state index contributed by atoms with van der Waals surface area (Å²) in [5.41, 5.74) is -3.04. The van der Waals surface area contributed by atoms with Crippen LogP contribution in [-0.2, 0) is 24.1 Å². The second-order valence-corrected chi connectivity index (χ2v) is 9.61. The van der Waals surface area contributed by atoms with Crippen LogP contribution in [0.4, 0.5) is 13.2 Å². The third-order valence-corrected chi connectivity index (χ3v) is 7.20. The van der Waals surface area contributed by atoms with Crippen LogP contribution in [0.15, 0.2) is 68.8 Å². The topological polar surface area (TPSA) is 71.1 Å². The van der Waals surface area contributed by atoms with Crippen LogP contribution in [0.5, 0.6) is 0 Å². The zero-order valence-corrected chi connectivity index (χ0v) is 19.2. The van der Waals surface area contributed by atoms with Crippen molar-refractivity contribution < 1.29 is 22.1 Å². The summed E-state index contributed by atoms with van der Waals surface area (Å²) in [6, 6.07) is 12.8.